The third kappa shape index (κ3) is 5.47. The number of hydrogen-bond acceptors (Lipinski definition) is 4. The lowest BCUT2D eigenvalue weighted by Gasteiger charge is -2.09. The highest BCUT2D eigenvalue weighted by Crippen LogP contribution is 2.28. The molecule has 2 aromatic rings. The SMILES string of the molecule is O=C(CSc1nncn1-c1cccc(Cl)c1)NCCCC1CCCC1. The van der Waals surface area contributed by atoms with Crippen molar-refractivity contribution in [3.63, 3.8) is 0 Å². The number of aromatic nitrogens is 3. The second kappa shape index (κ2) is 9.25. The third-order valence-corrected chi connectivity index (χ3v) is 5.70. The van der Waals surface area contributed by atoms with Gasteiger partial charge < -0.3 is 5.32 Å². The Balaban J connectivity index is 1.42. The molecule has 1 heterocycles. The number of nitrogens with one attached hydrogen (secondary N) is 1. The minimum atomic E-state index is 0.0390. The highest BCUT2D eigenvalue weighted by Gasteiger charge is 2.14. The van der Waals surface area contributed by atoms with Crippen molar-refractivity contribution < 1.29 is 4.79 Å². The number of carbonyl (C=O) groups excluding carboxylic acids is 1. The molecule has 0 saturated heterocycles. The van der Waals surface area contributed by atoms with Crippen molar-refractivity contribution in [2.45, 2.75) is 43.7 Å². The first-order valence-electron chi connectivity index (χ1n) is 8.78. The maximum atomic E-state index is 12.0. The minimum absolute atomic E-state index is 0.0390. The first-order valence-corrected chi connectivity index (χ1v) is 10.1. The number of amides is 1. The summed E-state index contributed by atoms with van der Waals surface area (Å²) < 4.78 is 1.84. The molecule has 0 aliphatic heterocycles. The fraction of sp³-hybridized carbons (Fsp3) is 0.500. The molecule has 25 heavy (non-hydrogen) atoms. The fourth-order valence-corrected chi connectivity index (χ4v) is 4.17. The van der Waals surface area contributed by atoms with Crippen molar-refractivity contribution in [1.29, 1.82) is 0 Å². The lowest BCUT2D eigenvalue weighted by molar-refractivity contribution is -0.118. The molecular weight excluding hydrogens is 356 g/mol. The average Bonchev–Trinajstić information content (AvgIpc) is 3.28. The number of halogens is 1. The first-order chi connectivity index (χ1) is 12.2. The molecule has 1 aromatic carbocycles. The van der Waals surface area contributed by atoms with E-state index in [1.54, 1.807) is 6.33 Å². The molecule has 1 aliphatic carbocycles. The molecule has 134 valence electrons. The Hall–Kier alpha value is -1.53. The summed E-state index contributed by atoms with van der Waals surface area (Å²) in [6.45, 7) is 0.761. The van der Waals surface area contributed by atoms with Crippen LogP contribution in [0.1, 0.15) is 38.5 Å². The summed E-state index contributed by atoms with van der Waals surface area (Å²) in [4.78, 5) is 12.0. The summed E-state index contributed by atoms with van der Waals surface area (Å²) in [5, 5.41) is 12.4. The van der Waals surface area contributed by atoms with Crippen LogP contribution < -0.4 is 5.32 Å². The van der Waals surface area contributed by atoms with Crippen LogP contribution in [0.2, 0.25) is 5.02 Å². The van der Waals surface area contributed by atoms with Crippen LogP contribution in [0.3, 0.4) is 0 Å². The van der Waals surface area contributed by atoms with Crippen molar-refractivity contribution >= 4 is 29.3 Å². The molecule has 0 atom stereocenters. The predicted molar refractivity (Wildman–Crippen MR) is 101 cm³/mol. The number of nitrogens with zero attached hydrogens (tertiary/aromatic N) is 3. The zero-order valence-electron chi connectivity index (χ0n) is 14.2. The maximum Gasteiger partial charge on any atom is 0.230 e. The maximum absolute atomic E-state index is 12.0. The van der Waals surface area contributed by atoms with Gasteiger partial charge in [-0.15, -0.1) is 10.2 Å². The van der Waals surface area contributed by atoms with Crippen LogP contribution in [0.4, 0.5) is 0 Å². The number of benzene rings is 1. The summed E-state index contributed by atoms with van der Waals surface area (Å²) in [5.41, 5.74) is 0.886. The summed E-state index contributed by atoms with van der Waals surface area (Å²) >= 11 is 7.41. The van der Waals surface area contributed by atoms with E-state index >= 15 is 0 Å². The normalized spacial score (nSPS) is 14.8. The third-order valence-electron chi connectivity index (χ3n) is 4.52. The van der Waals surface area contributed by atoms with Crippen molar-refractivity contribution in [3.8, 4) is 5.69 Å². The molecule has 1 fully saturated rings. The Bertz CT molecular complexity index is 700. The van der Waals surface area contributed by atoms with Gasteiger partial charge in [-0.1, -0.05) is 55.1 Å². The van der Waals surface area contributed by atoms with Gasteiger partial charge >= 0.3 is 0 Å². The molecule has 1 amide bonds. The largest absolute Gasteiger partial charge is 0.355 e. The molecule has 0 radical (unpaired) electrons. The Kier molecular flexibility index (Phi) is 6.76. The van der Waals surface area contributed by atoms with E-state index in [-0.39, 0.29) is 5.91 Å². The molecule has 3 rings (SSSR count). The van der Waals surface area contributed by atoms with E-state index < -0.39 is 0 Å². The molecule has 5 nitrogen and oxygen atoms in total. The monoisotopic (exact) mass is 378 g/mol. The van der Waals surface area contributed by atoms with Crippen molar-refractivity contribution in [2.24, 2.45) is 5.92 Å². The van der Waals surface area contributed by atoms with Crippen molar-refractivity contribution in [3.05, 3.63) is 35.6 Å². The van der Waals surface area contributed by atoms with Crippen LogP contribution in [0.25, 0.3) is 5.69 Å². The lowest BCUT2D eigenvalue weighted by atomic mass is 10.0. The first kappa shape index (κ1) is 18.3. The topological polar surface area (TPSA) is 59.8 Å². The quantitative estimate of drug-likeness (QED) is 0.555. The fourth-order valence-electron chi connectivity index (χ4n) is 3.22. The van der Waals surface area contributed by atoms with Gasteiger partial charge in [0.2, 0.25) is 5.91 Å². The van der Waals surface area contributed by atoms with Crippen LogP contribution >= 0.6 is 23.4 Å². The average molecular weight is 379 g/mol. The number of thioether (sulfide) groups is 1. The molecule has 1 N–H and O–H groups in total. The molecular formula is C18H23ClN4OS. The molecule has 0 unspecified atom stereocenters. The van der Waals surface area contributed by atoms with Crippen molar-refractivity contribution in [1.82, 2.24) is 20.1 Å². The number of hydrogen-bond donors (Lipinski definition) is 1. The van der Waals surface area contributed by atoms with E-state index in [1.807, 2.05) is 28.8 Å². The zero-order valence-corrected chi connectivity index (χ0v) is 15.7. The van der Waals surface area contributed by atoms with Gasteiger partial charge in [-0.25, -0.2) is 0 Å². The Labute approximate surface area is 157 Å². The molecule has 7 heteroatoms. The van der Waals surface area contributed by atoms with E-state index in [4.69, 9.17) is 11.6 Å². The van der Waals surface area contributed by atoms with Crippen LogP contribution in [0, 0.1) is 5.92 Å². The zero-order chi connectivity index (χ0) is 17.5. The Morgan fingerprint density at radius 3 is 3.00 bits per heavy atom. The van der Waals surface area contributed by atoms with Crippen molar-refractivity contribution in [2.75, 3.05) is 12.3 Å². The summed E-state index contributed by atoms with van der Waals surface area (Å²) in [5.74, 6) is 1.25. The second-order valence-corrected chi connectivity index (χ2v) is 7.77. The van der Waals surface area contributed by atoms with E-state index in [1.165, 1.54) is 43.9 Å². The van der Waals surface area contributed by atoms with E-state index in [2.05, 4.69) is 15.5 Å². The Morgan fingerprint density at radius 2 is 2.20 bits per heavy atom. The smallest absolute Gasteiger partial charge is 0.230 e. The summed E-state index contributed by atoms with van der Waals surface area (Å²) in [7, 11) is 0. The van der Waals surface area contributed by atoms with Crippen LogP contribution in [-0.2, 0) is 4.79 Å². The van der Waals surface area contributed by atoms with E-state index in [0.717, 1.165) is 24.6 Å². The van der Waals surface area contributed by atoms with Crippen LogP contribution in [-0.4, -0.2) is 33.0 Å². The number of rotatable bonds is 8. The van der Waals surface area contributed by atoms with Gasteiger partial charge in [-0.3, -0.25) is 9.36 Å². The van der Waals surface area contributed by atoms with Gasteiger partial charge in [0.1, 0.15) is 6.33 Å². The molecule has 0 bridgehead atoms. The van der Waals surface area contributed by atoms with Crippen LogP contribution in [0.5, 0.6) is 0 Å². The molecule has 1 saturated carbocycles. The van der Waals surface area contributed by atoms with Gasteiger partial charge in [0.05, 0.1) is 11.4 Å². The highest BCUT2D eigenvalue weighted by molar-refractivity contribution is 7.99. The predicted octanol–water partition coefficient (Wildman–Crippen LogP) is 4.10. The summed E-state index contributed by atoms with van der Waals surface area (Å²) in [6.07, 6.45) is 9.41. The molecule has 0 spiro atoms. The Morgan fingerprint density at radius 1 is 1.36 bits per heavy atom. The van der Waals surface area contributed by atoms with E-state index in [9.17, 15) is 4.79 Å². The van der Waals surface area contributed by atoms with Gasteiger partial charge in [0, 0.05) is 11.6 Å². The van der Waals surface area contributed by atoms with Crippen LogP contribution in [0.15, 0.2) is 35.7 Å². The van der Waals surface area contributed by atoms with E-state index in [0.29, 0.717) is 15.9 Å². The van der Waals surface area contributed by atoms with Gasteiger partial charge in [0.25, 0.3) is 0 Å². The second-order valence-electron chi connectivity index (χ2n) is 6.39. The lowest BCUT2D eigenvalue weighted by Crippen LogP contribution is -2.26. The van der Waals surface area contributed by atoms with Gasteiger partial charge in [-0.2, -0.15) is 0 Å². The summed E-state index contributed by atoms with van der Waals surface area (Å²) in [6, 6.07) is 7.48. The minimum Gasteiger partial charge on any atom is -0.355 e. The highest BCUT2D eigenvalue weighted by atomic mass is 35.5. The number of carbonyl (C=O) groups is 1. The molecule has 1 aliphatic rings. The van der Waals surface area contributed by atoms with Gasteiger partial charge in [0.15, 0.2) is 5.16 Å². The molecule has 1 aromatic heterocycles. The standard InChI is InChI=1S/C18H23ClN4OS/c19-15-8-3-9-16(11-15)23-13-21-22-18(23)25-12-17(24)20-10-4-7-14-5-1-2-6-14/h3,8-9,11,13-14H,1-2,4-7,10,12H2,(H,20,24). The van der Waals surface area contributed by atoms with Gasteiger partial charge in [-0.05, 0) is 37.0 Å².